The molecule has 1 aromatic rings. The van der Waals surface area contributed by atoms with Crippen molar-refractivity contribution in [3.05, 3.63) is 29.8 Å². The van der Waals surface area contributed by atoms with E-state index in [0.29, 0.717) is 17.4 Å². The fourth-order valence-corrected chi connectivity index (χ4v) is 6.03. The lowest BCUT2D eigenvalue weighted by Crippen LogP contribution is -2.58. The fraction of sp³-hybridized carbons (Fsp3) is 0.647. The molecule has 116 valence electrons. The first kappa shape index (κ1) is 15.0. The van der Waals surface area contributed by atoms with Crippen LogP contribution in [0, 0.1) is 12.8 Å². The summed E-state index contributed by atoms with van der Waals surface area (Å²) in [5.41, 5.74) is 0.912. The molecule has 4 heteroatoms. The molecule has 1 saturated heterocycles. The molecular formula is C17H25NO2S. The molecule has 0 spiro atoms. The molecule has 2 fully saturated rings. The van der Waals surface area contributed by atoms with Crippen molar-refractivity contribution in [2.45, 2.75) is 62.8 Å². The van der Waals surface area contributed by atoms with Crippen molar-refractivity contribution in [2.24, 2.45) is 5.92 Å². The Morgan fingerprint density at radius 1 is 1.10 bits per heavy atom. The van der Waals surface area contributed by atoms with Gasteiger partial charge >= 0.3 is 0 Å². The summed E-state index contributed by atoms with van der Waals surface area (Å²) in [6, 6.07) is 7.27. The monoisotopic (exact) mass is 307 g/mol. The Morgan fingerprint density at radius 3 is 2.48 bits per heavy atom. The molecule has 1 saturated carbocycles. The van der Waals surface area contributed by atoms with Gasteiger partial charge in [-0.1, -0.05) is 30.5 Å². The number of sulfonamides is 1. The molecule has 1 aliphatic carbocycles. The number of nitrogens with zero attached hydrogens (tertiary/aromatic N) is 1. The Kier molecular flexibility index (Phi) is 3.87. The lowest BCUT2D eigenvalue weighted by Gasteiger charge is -2.51. The van der Waals surface area contributed by atoms with E-state index in [-0.39, 0.29) is 5.54 Å². The molecule has 2 aliphatic rings. The third-order valence-corrected chi connectivity index (χ3v) is 7.51. The second-order valence-electron chi connectivity index (χ2n) is 6.83. The van der Waals surface area contributed by atoms with Crippen LogP contribution in [-0.2, 0) is 10.0 Å². The summed E-state index contributed by atoms with van der Waals surface area (Å²) in [4.78, 5) is 0.445. The third kappa shape index (κ3) is 2.53. The van der Waals surface area contributed by atoms with Crippen molar-refractivity contribution < 1.29 is 8.42 Å². The van der Waals surface area contributed by atoms with Crippen LogP contribution in [-0.4, -0.2) is 24.8 Å². The summed E-state index contributed by atoms with van der Waals surface area (Å²) in [5, 5.41) is 0. The van der Waals surface area contributed by atoms with E-state index >= 15 is 0 Å². The number of rotatable bonds is 2. The highest BCUT2D eigenvalue weighted by Gasteiger charge is 2.48. The molecule has 2 unspecified atom stereocenters. The Balaban J connectivity index is 1.98. The maximum Gasteiger partial charge on any atom is 0.243 e. The van der Waals surface area contributed by atoms with Crippen molar-refractivity contribution in [2.75, 3.05) is 6.54 Å². The summed E-state index contributed by atoms with van der Waals surface area (Å²) >= 11 is 0. The number of benzene rings is 1. The predicted octanol–water partition coefficient (Wildman–Crippen LogP) is 3.73. The number of piperidine rings is 1. The largest absolute Gasteiger partial charge is 0.243 e. The van der Waals surface area contributed by atoms with E-state index in [2.05, 4.69) is 6.92 Å². The van der Waals surface area contributed by atoms with Gasteiger partial charge in [0.25, 0.3) is 0 Å². The van der Waals surface area contributed by atoms with Crippen molar-refractivity contribution in [3.63, 3.8) is 0 Å². The Labute approximate surface area is 128 Å². The molecule has 0 N–H and O–H groups in total. The summed E-state index contributed by atoms with van der Waals surface area (Å²) < 4.78 is 28.0. The molecule has 1 heterocycles. The lowest BCUT2D eigenvalue weighted by molar-refractivity contribution is 0.0398. The molecule has 3 rings (SSSR count). The van der Waals surface area contributed by atoms with Crippen LogP contribution in [0.25, 0.3) is 0 Å². The van der Waals surface area contributed by atoms with E-state index in [4.69, 9.17) is 0 Å². The van der Waals surface area contributed by atoms with Crippen LogP contribution >= 0.6 is 0 Å². The van der Waals surface area contributed by atoms with Crippen molar-refractivity contribution in [1.82, 2.24) is 4.31 Å². The van der Waals surface area contributed by atoms with Crippen molar-refractivity contribution >= 4 is 10.0 Å². The highest BCUT2D eigenvalue weighted by Crippen LogP contribution is 2.46. The van der Waals surface area contributed by atoms with E-state index < -0.39 is 10.0 Å². The average Bonchev–Trinajstić information content (AvgIpc) is 2.46. The molecule has 1 aliphatic heterocycles. The minimum absolute atomic E-state index is 0.180. The lowest BCUT2D eigenvalue weighted by atomic mass is 9.70. The second-order valence-corrected chi connectivity index (χ2v) is 8.69. The average molecular weight is 307 g/mol. The molecule has 21 heavy (non-hydrogen) atoms. The minimum Gasteiger partial charge on any atom is -0.207 e. The van der Waals surface area contributed by atoms with E-state index in [1.165, 1.54) is 19.3 Å². The molecule has 0 aromatic heterocycles. The fourth-order valence-electron chi connectivity index (χ4n) is 4.14. The normalized spacial score (nSPS) is 30.9. The van der Waals surface area contributed by atoms with Crippen molar-refractivity contribution in [1.29, 1.82) is 0 Å². The number of aryl methyl sites for hydroxylation is 1. The van der Waals surface area contributed by atoms with E-state index in [0.717, 1.165) is 24.8 Å². The first-order chi connectivity index (χ1) is 9.94. The molecule has 0 bridgehead atoms. The summed E-state index contributed by atoms with van der Waals surface area (Å²) in [6.07, 6.45) is 6.74. The molecular weight excluding hydrogens is 282 g/mol. The van der Waals surface area contributed by atoms with E-state index in [1.807, 2.05) is 23.4 Å². The number of hydrogen-bond donors (Lipinski definition) is 0. The maximum absolute atomic E-state index is 13.1. The van der Waals surface area contributed by atoms with Gasteiger partial charge in [0.2, 0.25) is 10.0 Å². The second kappa shape index (κ2) is 5.40. The van der Waals surface area contributed by atoms with Crippen molar-refractivity contribution in [3.8, 4) is 0 Å². The van der Waals surface area contributed by atoms with Crippen LogP contribution in [0.4, 0.5) is 0 Å². The van der Waals surface area contributed by atoms with Crippen LogP contribution in [0.15, 0.2) is 29.2 Å². The number of fused-ring (bicyclic) bond motifs is 1. The summed E-state index contributed by atoms with van der Waals surface area (Å²) in [7, 11) is -3.37. The first-order valence-corrected chi connectivity index (χ1v) is 9.48. The third-order valence-electron chi connectivity index (χ3n) is 5.46. The van der Waals surface area contributed by atoms with Gasteiger partial charge in [-0.25, -0.2) is 8.42 Å². The highest BCUT2D eigenvalue weighted by molar-refractivity contribution is 7.89. The zero-order valence-corrected chi connectivity index (χ0v) is 13.8. The smallest absolute Gasteiger partial charge is 0.207 e. The Hall–Kier alpha value is -0.870. The zero-order chi connectivity index (χ0) is 15.1. The standard InChI is InChI=1S/C17H25NO2S/c1-14-8-10-16(11-9-14)21(19,20)18-13-5-7-15-6-3-4-12-17(15,18)2/h8-11,15H,3-7,12-13H2,1-2H3. The zero-order valence-electron chi connectivity index (χ0n) is 13.0. The molecule has 2 atom stereocenters. The van der Waals surface area contributed by atoms with Gasteiger partial charge in [0.15, 0.2) is 0 Å². The van der Waals surface area contributed by atoms with Gasteiger partial charge < -0.3 is 0 Å². The van der Waals surface area contributed by atoms with Gasteiger partial charge in [-0.05, 0) is 57.6 Å². The van der Waals surface area contributed by atoms with Crippen LogP contribution in [0.2, 0.25) is 0 Å². The van der Waals surface area contributed by atoms with Gasteiger partial charge in [0, 0.05) is 12.1 Å². The van der Waals surface area contributed by atoms with Gasteiger partial charge in [-0.2, -0.15) is 4.31 Å². The van der Waals surface area contributed by atoms with Gasteiger partial charge in [-0.15, -0.1) is 0 Å². The highest BCUT2D eigenvalue weighted by atomic mass is 32.2. The van der Waals surface area contributed by atoms with E-state index in [9.17, 15) is 8.42 Å². The molecule has 0 amide bonds. The maximum atomic E-state index is 13.1. The van der Waals surface area contributed by atoms with Crippen LogP contribution < -0.4 is 0 Å². The quantitative estimate of drug-likeness (QED) is 0.835. The topological polar surface area (TPSA) is 37.4 Å². The molecule has 3 nitrogen and oxygen atoms in total. The van der Waals surface area contributed by atoms with Gasteiger partial charge in [0.05, 0.1) is 4.90 Å². The van der Waals surface area contributed by atoms with Gasteiger partial charge in [0.1, 0.15) is 0 Å². The minimum atomic E-state index is -3.37. The molecule has 0 radical (unpaired) electrons. The Morgan fingerprint density at radius 2 is 1.76 bits per heavy atom. The van der Waals surface area contributed by atoms with Crippen LogP contribution in [0.5, 0.6) is 0 Å². The van der Waals surface area contributed by atoms with Gasteiger partial charge in [-0.3, -0.25) is 0 Å². The van der Waals surface area contributed by atoms with Crippen LogP contribution in [0.3, 0.4) is 0 Å². The summed E-state index contributed by atoms with van der Waals surface area (Å²) in [5.74, 6) is 0.528. The van der Waals surface area contributed by atoms with Crippen LogP contribution in [0.1, 0.15) is 51.0 Å². The number of hydrogen-bond acceptors (Lipinski definition) is 2. The first-order valence-electron chi connectivity index (χ1n) is 8.04. The SMILES string of the molecule is Cc1ccc(S(=O)(=O)N2CCCC3CCCCC32C)cc1. The summed E-state index contributed by atoms with van der Waals surface area (Å²) in [6.45, 7) is 4.82. The molecule has 1 aromatic carbocycles. The predicted molar refractivity (Wildman–Crippen MR) is 84.7 cm³/mol. The Bertz CT molecular complexity index is 606. The van der Waals surface area contributed by atoms with E-state index in [1.54, 1.807) is 12.1 Å².